The number of hydrogen-bond donors (Lipinski definition) is 0. The van der Waals surface area contributed by atoms with Gasteiger partial charge in [-0.1, -0.05) is 0 Å². The fourth-order valence-electron chi connectivity index (χ4n) is 0. The van der Waals surface area contributed by atoms with Crippen LogP contribution in [0, 0.1) is 0 Å². The van der Waals surface area contributed by atoms with E-state index in [1.807, 2.05) is 0 Å². The topological polar surface area (TPSA) is 0 Å². The van der Waals surface area contributed by atoms with E-state index in [-0.39, 0.29) is 68.7 Å². The van der Waals surface area contributed by atoms with Crippen molar-refractivity contribution in [2.75, 3.05) is 0 Å². The molecule has 0 bridgehead atoms. The molecule has 0 nitrogen and oxygen atoms in total. The van der Waals surface area contributed by atoms with Crippen LogP contribution < -0.4 is 0 Å². The first-order valence-corrected chi connectivity index (χ1v) is 3.40. The molecule has 4 heteroatoms. The van der Waals surface area contributed by atoms with Crippen molar-refractivity contribution < 1.29 is 0 Å². The first kappa shape index (κ1) is 15.8. The molecular formula is H6Al2ClK. The Morgan fingerprint density at radius 2 is 1.25 bits per heavy atom. The Bertz CT molecular complexity index is 6.00. The van der Waals surface area contributed by atoms with Crippen molar-refractivity contribution in [1.29, 1.82) is 0 Å². The summed E-state index contributed by atoms with van der Waals surface area (Å²) in [6, 6.07) is 0. The minimum atomic E-state index is 0. The number of rotatable bonds is 0. The van der Waals surface area contributed by atoms with E-state index in [1.165, 1.54) is 0 Å². The molecule has 4 heavy (non-hydrogen) atoms. The van der Waals surface area contributed by atoms with Gasteiger partial charge in [0.05, 0.1) is 0 Å². The zero-order valence-corrected chi connectivity index (χ0v) is 4.13. The van der Waals surface area contributed by atoms with Crippen LogP contribution in [0.5, 0.6) is 0 Å². The summed E-state index contributed by atoms with van der Waals surface area (Å²) in [7, 11) is 4.78. The zero-order valence-electron chi connectivity index (χ0n) is 1.38. The molecule has 0 unspecified atom stereocenters. The molecule has 0 spiro atoms. The molecule has 0 aliphatic heterocycles. The van der Waals surface area contributed by atoms with Gasteiger partial charge in [-0.3, -0.25) is 10.0 Å². The fraction of sp³-hybridized carbons (Fsp3) is 0. The van der Waals surface area contributed by atoms with Gasteiger partial charge in [0.2, 0.25) is 0 Å². The summed E-state index contributed by atoms with van der Waals surface area (Å²) in [5.74, 6) is 0. The molecule has 0 aromatic heterocycles. The molecule has 0 aliphatic carbocycles. The van der Waals surface area contributed by atoms with Crippen molar-refractivity contribution in [1.82, 2.24) is 0 Å². The summed E-state index contributed by atoms with van der Waals surface area (Å²) in [4.78, 5) is 0. The van der Waals surface area contributed by atoms with Crippen molar-refractivity contribution in [2.45, 2.75) is 0 Å². The fourth-order valence-corrected chi connectivity index (χ4v) is 0. The van der Waals surface area contributed by atoms with Gasteiger partial charge in [0, 0.05) is 0 Å². The molecule has 0 saturated heterocycles. The first-order valence-electron chi connectivity index (χ1n) is 0.378. The van der Waals surface area contributed by atoms with Crippen LogP contribution in [0.2, 0.25) is 0 Å². The number of hydrogen-bond acceptors (Lipinski definition) is 0. The van der Waals surface area contributed by atoms with E-state index in [1.54, 1.807) is 0 Å². The van der Waals surface area contributed by atoms with Gasteiger partial charge in [0.1, 0.15) is 0 Å². The quantitative estimate of drug-likeness (QED) is 0.335. The predicted octanol–water partition coefficient (Wildman–Crippen LogP) is -2.06. The molecule has 0 amide bonds. The molecule has 20 valence electrons. The molecule has 0 aromatic carbocycles. The van der Waals surface area contributed by atoms with Gasteiger partial charge in [-0.05, 0) is 0 Å². The second-order valence-electron chi connectivity index (χ2n) is 0. The van der Waals surface area contributed by atoms with E-state index in [2.05, 4.69) is 0 Å². The summed E-state index contributed by atoms with van der Waals surface area (Å²) >= 11 is 0.778. The summed E-state index contributed by atoms with van der Waals surface area (Å²) in [6.45, 7) is 0. The van der Waals surface area contributed by atoms with E-state index in [0.717, 1.165) is 15.4 Å². The van der Waals surface area contributed by atoms with Crippen LogP contribution >= 0.6 is 10.0 Å². The van der Waals surface area contributed by atoms with E-state index in [9.17, 15) is 0 Å². The van der Waals surface area contributed by atoms with E-state index < -0.39 is 0 Å². The Morgan fingerprint density at radius 1 is 1.25 bits per heavy atom. The molecule has 0 N–H and O–H groups in total. The Morgan fingerprint density at radius 3 is 1.25 bits per heavy atom. The van der Waals surface area contributed by atoms with Crippen LogP contribution in [0.3, 0.4) is 0 Å². The molecule has 0 aliphatic rings. The summed E-state index contributed by atoms with van der Waals surface area (Å²) in [5.41, 5.74) is 0. The minimum absolute atomic E-state index is 0. The summed E-state index contributed by atoms with van der Waals surface area (Å²) in [5, 5.41) is 0. The molecule has 0 atom stereocenters. The van der Waals surface area contributed by atoms with Crippen molar-refractivity contribution in [3.8, 4) is 0 Å². The van der Waals surface area contributed by atoms with Crippen LogP contribution in [0.4, 0.5) is 0 Å². The Balaban J connectivity index is -0.00000000500. The van der Waals surface area contributed by atoms with Crippen LogP contribution in [0.25, 0.3) is 0 Å². The van der Waals surface area contributed by atoms with Gasteiger partial charge >= 0.3 is 66.8 Å². The van der Waals surface area contributed by atoms with Gasteiger partial charge in [0.15, 0.2) is 17.4 Å². The maximum absolute atomic E-state index is 4.78. The van der Waals surface area contributed by atoms with E-state index in [0.29, 0.717) is 0 Å². The second kappa shape index (κ2) is 16.7. The van der Waals surface area contributed by atoms with E-state index in [4.69, 9.17) is 10.0 Å². The average Bonchev–Trinajstić information content (AvgIpc) is 1.00. The third-order valence-electron chi connectivity index (χ3n) is 0. The standard InChI is InChI=1S/2Al.ClH.K.6H/h;;1H;;;;;;;/q;+1;;;;;;;;/p-1. The molecule has 0 heterocycles. The normalized spacial score (nSPS) is 1.25. The van der Waals surface area contributed by atoms with Crippen molar-refractivity contribution in [3.05, 3.63) is 0 Å². The first-order chi connectivity index (χ1) is 1.00. The predicted molar refractivity (Wildman–Crippen MR) is 31.5 cm³/mol. The van der Waals surface area contributed by atoms with Crippen molar-refractivity contribution in [3.63, 3.8) is 0 Å². The monoisotopic (exact) mass is 134 g/mol. The van der Waals surface area contributed by atoms with Crippen molar-refractivity contribution in [2.24, 2.45) is 0 Å². The second-order valence-corrected chi connectivity index (χ2v) is 0. The van der Waals surface area contributed by atoms with E-state index >= 15 is 0 Å². The van der Waals surface area contributed by atoms with Gasteiger partial charge < -0.3 is 0 Å². The summed E-state index contributed by atoms with van der Waals surface area (Å²) in [6.07, 6.45) is 0. The molecule has 0 aromatic rings. The van der Waals surface area contributed by atoms with Crippen LogP contribution in [-0.4, -0.2) is 84.1 Å². The van der Waals surface area contributed by atoms with Crippen LogP contribution in [0.1, 0.15) is 0 Å². The molecule has 0 radical (unpaired) electrons. The number of halogens is 1. The van der Waals surface area contributed by atoms with Crippen LogP contribution in [-0.2, 0) is 0 Å². The SMILES string of the molecule is [AlH2][Cl].[AlH3].[KH]. The zero-order chi connectivity index (χ0) is 2.00. The Hall–Kier alpha value is 2.99. The maximum atomic E-state index is 4.78. The summed E-state index contributed by atoms with van der Waals surface area (Å²) < 4.78 is 0. The molecule has 0 saturated carbocycles. The third kappa shape index (κ3) is 8.89. The molecule has 0 rings (SSSR count). The van der Waals surface area contributed by atoms with Gasteiger partial charge in [-0.15, -0.1) is 0 Å². The Kier molecular flexibility index (Phi) is 65.7. The van der Waals surface area contributed by atoms with Crippen molar-refractivity contribution >= 4 is 94.2 Å². The van der Waals surface area contributed by atoms with Gasteiger partial charge in [-0.2, -0.15) is 0 Å². The molecular weight excluding hydrogens is 129 g/mol. The average molecular weight is 135 g/mol. The Labute approximate surface area is 91.8 Å². The van der Waals surface area contributed by atoms with Gasteiger partial charge in [-0.25, -0.2) is 0 Å². The van der Waals surface area contributed by atoms with Gasteiger partial charge in [0.25, 0.3) is 0 Å². The molecule has 0 fully saturated rings. The van der Waals surface area contributed by atoms with Crippen LogP contribution in [0.15, 0.2) is 0 Å². The third-order valence-corrected chi connectivity index (χ3v) is 0.